The SMILES string of the molecule is O=C(Nc1ccc2cc(Br)ccc2c1)NC1(C(=O)O)CC1. The molecule has 0 heterocycles. The van der Waals surface area contributed by atoms with Crippen molar-refractivity contribution in [3.05, 3.63) is 40.9 Å². The summed E-state index contributed by atoms with van der Waals surface area (Å²) in [5, 5.41) is 16.3. The van der Waals surface area contributed by atoms with Crippen molar-refractivity contribution in [2.75, 3.05) is 5.32 Å². The lowest BCUT2D eigenvalue weighted by Crippen LogP contribution is -2.45. The van der Waals surface area contributed by atoms with Gasteiger partial charge in [-0.25, -0.2) is 9.59 Å². The summed E-state index contributed by atoms with van der Waals surface area (Å²) in [6, 6.07) is 10.9. The summed E-state index contributed by atoms with van der Waals surface area (Å²) in [4.78, 5) is 22.9. The fourth-order valence-corrected chi connectivity index (χ4v) is 2.57. The van der Waals surface area contributed by atoms with Crippen molar-refractivity contribution in [2.45, 2.75) is 18.4 Å². The Bertz CT molecular complexity index is 741. The minimum absolute atomic E-state index is 0.474. The first kappa shape index (κ1) is 13.9. The highest BCUT2D eigenvalue weighted by Crippen LogP contribution is 2.35. The lowest BCUT2D eigenvalue weighted by Gasteiger charge is -2.13. The Morgan fingerprint density at radius 3 is 2.43 bits per heavy atom. The van der Waals surface area contributed by atoms with Crippen LogP contribution in [0, 0.1) is 0 Å². The fraction of sp³-hybridized carbons (Fsp3) is 0.200. The van der Waals surface area contributed by atoms with Gasteiger partial charge < -0.3 is 15.7 Å². The van der Waals surface area contributed by atoms with Gasteiger partial charge in [0, 0.05) is 10.2 Å². The van der Waals surface area contributed by atoms with E-state index in [1.165, 1.54) is 0 Å². The number of carboxylic acids is 1. The molecule has 0 unspecified atom stereocenters. The number of hydrogen-bond acceptors (Lipinski definition) is 2. The number of aliphatic carboxylic acids is 1. The minimum Gasteiger partial charge on any atom is -0.480 e. The molecule has 2 aromatic rings. The van der Waals surface area contributed by atoms with Crippen LogP contribution in [0.3, 0.4) is 0 Å². The molecule has 2 aromatic carbocycles. The Morgan fingerprint density at radius 1 is 1.10 bits per heavy atom. The van der Waals surface area contributed by atoms with Gasteiger partial charge in [0.05, 0.1) is 0 Å². The predicted octanol–water partition coefficient (Wildman–Crippen LogP) is 3.34. The van der Waals surface area contributed by atoms with Crippen LogP contribution in [0.1, 0.15) is 12.8 Å². The van der Waals surface area contributed by atoms with Crippen LogP contribution in [0.2, 0.25) is 0 Å². The molecule has 1 fully saturated rings. The summed E-state index contributed by atoms with van der Waals surface area (Å²) >= 11 is 3.41. The summed E-state index contributed by atoms with van der Waals surface area (Å²) in [6.45, 7) is 0. The van der Waals surface area contributed by atoms with E-state index in [1.807, 2.05) is 30.3 Å². The van der Waals surface area contributed by atoms with Gasteiger partial charge in [-0.15, -0.1) is 0 Å². The van der Waals surface area contributed by atoms with Crippen molar-refractivity contribution in [1.82, 2.24) is 5.32 Å². The van der Waals surface area contributed by atoms with Crippen molar-refractivity contribution >= 4 is 44.4 Å². The zero-order valence-corrected chi connectivity index (χ0v) is 12.6. The molecular weight excluding hydrogens is 336 g/mol. The molecule has 0 radical (unpaired) electrons. The number of benzene rings is 2. The van der Waals surface area contributed by atoms with Crippen LogP contribution in [0.5, 0.6) is 0 Å². The van der Waals surface area contributed by atoms with E-state index in [0.29, 0.717) is 18.5 Å². The Kier molecular flexibility index (Phi) is 3.33. The molecule has 1 aliphatic rings. The molecule has 21 heavy (non-hydrogen) atoms. The van der Waals surface area contributed by atoms with Crippen molar-refractivity contribution in [2.24, 2.45) is 0 Å². The van der Waals surface area contributed by atoms with E-state index in [-0.39, 0.29) is 0 Å². The van der Waals surface area contributed by atoms with E-state index >= 15 is 0 Å². The molecule has 0 bridgehead atoms. The molecule has 0 saturated heterocycles. The molecule has 3 N–H and O–H groups in total. The fourth-order valence-electron chi connectivity index (χ4n) is 2.19. The van der Waals surface area contributed by atoms with Crippen LogP contribution in [0.4, 0.5) is 10.5 Å². The zero-order valence-electron chi connectivity index (χ0n) is 11.0. The molecule has 3 rings (SSSR count). The monoisotopic (exact) mass is 348 g/mol. The Labute approximate surface area is 129 Å². The van der Waals surface area contributed by atoms with Gasteiger partial charge in [0.25, 0.3) is 0 Å². The van der Waals surface area contributed by atoms with E-state index in [4.69, 9.17) is 5.11 Å². The van der Waals surface area contributed by atoms with Crippen molar-refractivity contribution in [1.29, 1.82) is 0 Å². The van der Waals surface area contributed by atoms with Gasteiger partial charge in [0.15, 0.2) is 0 Å². The predicted molar refractivity (Wildman–Crippen MR) is 83.4 cm³/mol. The number of halogens is 1. The summed E-state index contributed by atoms with van der Waals surface area (Å²) in [7, 11) is 0. The standard InChI is InChI=1S/C15H13BrN2O3/c16-11-3-1-10-8-12(4-2-9(10)7-11)17-14(21)18-15(5-6-15)13(19)20/h1-4,7-8H,5-6H2,(H,19,20)(H2,17,18,21). The quantitative estimate of drug-likeness (QED) is 0.795. The largest absolute Gasteiger partial charge is 0.480 e. The normalized spacial score (nSPS) is 15.5. The maximum Gasteiger partial charge on any atom is 0.329 e. The third-order valence-electron chi connectivity index (χ3n) is 3.57. The first-order valence-corrected chi connectivity index (χ1v) is 7.30. The van der Waals surface area contributed by atoms with Crippen LogP contribution < -0.4 is 10.6 Å². The molecule has 0 atom stereocenters. The molecule has 6 heteroatoms. The van der Waals surface area contributed by atoms with Crippen molar-refractivity contribution in [3.8, 4) is 0 Å². The van der Waals surface area contributed by atoms with Crippen molar-refractivity contribution < 1.29 is 14.7 Å². The average Bonchev–Trinajstić information content (AvgIpc) is 3.19. The molecule has 0 spiro atoms. The highest BCUT2D eigenvalue weighted by molar-refractivity contribution is 9.10. The third-order valence-corrected chi connectivity index (χ3v) is 4.07. The van der Waals surface area contributed by atoms with Gasteiger partial charge in [-0.2, -0.15) is 0 Å². The number of carbonyl (C=O) groups excluding carboxylic acids is 1. The topological polar surface area (TPSA) is 78.4 Å². The van der Waals surface area contributed by atoms with Crippen LogP contribution in [-0.2, 0) is 4.79 Å². The second kappa shape index (κ2) is 5.04. The van der Waals surface area contributed by atoms with Crippen molar-refractivity contribution in [3.63, 3.8) is 0 Å². The van der Waals surface area contributed by atoms with Gasteiger partial charge in [-0.05, 0) is 47.9 Å². The van der Waals surface area contributed by atoms with Crippen LogP contribution >= 0.6 is 15.9 Å². The van der Waals surface area contributed by atoms with Crippen LogP contribution in [0.25, 0.3) is 10.8 Å². The number of urea groups is 1. The summed E-state index contributed by atoms with van der Waals surface area (Å²) < 4.78 is 0.991. The summed E-state index contributed by atoms with van der Waals surface area (Å²) in [5.74, 6) is -0.985. The van der Waals surface area contributed by atoms with E-state index in [0.717, 1.165) is 15.2 Å². The van der Waals surface area contributed by atoms with E-state index in [2.05, 4.69) is 26.6 Å². The first-order valence-electron chi connectivity index (χ1n) is 6.50. The lowest BCUT2D eigenvalue weighted by molar-refractivity contribution is -0.140. The molecule has 108 valence electrons. The number of fused-ring (bicyclic) bond motifs is 1. The lowest BCUT2D eigenvalue weighted by atomic mass is 10.1. The number of carboxylic acid groups (broad SMARTS) is 1. The second-order valence-corrected chi connectivity index (χ2v) is 6.09. The highest BCUT2D eigenvalue weighted by atomic mass is 79.9. The third kappa shape index (κ3) is 2.85. The molecule has 1 aliphatic carbocycles. The highest BCUT2D eigenvalue weighted by Gasteiger charge is 2.51. The Morgan fingerprint density at radius 2 is 1.76 bits per heavy atom. The Balaban J connectivity index is 1.74. The van der Waals surface area contributed by atoms with Crippen LogP contribution in [-0.4, -0.2) is 22.6 Å². The van der Waals surface area contributed by atoms with E-state index in [9.17, 15) is 9.59 Å². The van der Waals surface area contributed by atoms with Gasteiger partial charge in [-0.1, -0.05) is 28.1 Å². The summed E-state index contributed by atoms with van der Waals surface area (Å²) in [5.41, 5.74) is -0.449. The molecular formula is C15H13BrN2O3. The molecule has 5 nitrogen and oxygen atoms in total. The van der Waals surface area contributed by atoms with Gasteiger partial charge in [0.1, 0.15) is 5.54 Å². The Hall–Kier alpha value is -2.08. The van der Waals surface area contributed by atoms with Gasteiger partial charge in [0.2, 0.25) is 0 Å². The number of hydrogen-bond donors (Lipinski definition) is 3. The van der Waals surface area contributed by atoms with E-state index in [1.54, 1.807) is 6.07 Å². The van der Waals surface area contributed by atoms with Crippen LogP contribution in [0.15, 0.2) is 40.9 Å². The van der Waals surface area contributed by atoms with Gasteiger partial charge in [-0.3, -0.25) is 0 Å². The molecule has 0 aromatic heterocycles. The smallest absolute Gasteiger partial charge is 0.329 e. The number of amides is 2. The molecule has 1 saturated carbocycles. The number of anilines is 1. The van der Waals surface area contributed by atoms with Gasteiger partial charge >= 0.3 is 12.0 Å². The first-order chi connectivity index (χ1) is 9.98. The maximum atomic E-state index is 11.9. The molecule has 2 amide bonds. The summed E-state index contributed by atoms with van der Waals surface area (Å²) in [6.07, 6.45) is 0.947. The number of rotatable bonds is 3. The zero-order chi connectivity index (χ0) is 15.0. The second-order valence-electron chi connectivity index (χ2n) is 5.17. The van der Waals surface area contributed by atoms with E-state index < -0.39 is 17.5 Å². The minimum atomic E-state index is -1.08. The number of nitrogens with one attached hydrogen (secondary N) is 2. The molecule has 0 aliphatic heterocycles. The number of carbonyl (C=O) groups is 2. The maximum absolute atomic E-state index is 11.9. The average molecular weight is 349 g/mol.